The van der Waals surface area contributed by atoms with E-state index in [4.69, 9.17) is 27.9 Å². The van der Waals surface area contributed by atoms with Crippen LogP contribution in [0.3, 0.4) is 0 Å². The molecule has 0 bridgehead atoms. The van der Waals surface area contributed by atoms with Crippen molar-refractivity contribution in [1.82, 2.24) is 4.57 Å². The van der Waals surface area contributed by atoms with Crippen molar-refractivity contribution < 1.29 is 9.53 Å². The molecule has 4 nitrogen and oxygen atoms in total. The zero-order valence-corrected chi connectivity index (χ0v) is 17.2. The molecule has 1 aromatic heterocycles. The van der Waals surface area contributed by atoms with E-state index in [-0.39, 0.29) is 12.0 Å². The Balaban J connectivity index is 1.89. The third kappa shape index (κ3) is 3.00. The van der Waals surface area contributed by atoms with Crippen molar-refractivity contribution in [2.45, 2.75) is 12.3 Å². The summed E-state index contributed by atoms with van der Waals surface area (Å²) < 4.78 is 7.27. The van der Waals surface area contributed by atoms with Crippen LogP contribution in [0.2, 0.25) is 10.0 Å². The van der Waals surface area contributed by atoms with Crippen molar-refractivity contribution in [1.29, 1.82) is 0 Å². The highest BCUT2D eigenvalue weighted by Gasteiger charge is 2.35. The molecular formula is C24H15Cl2NO3. The van der Waals surface area contributed by atoms with Gasteiger partial charge in [-0.3, -0.25) is 14.2 Å². The lowest BCUT2D eigenvalue weighted by molar-refractivity contribution is -0.135. The molecule has 1 atom stereocenters. The van der Waals surface area contributed by atoms with Crippen LogP contribution in [0.1, 0.15) is 23.5 Å². The molecule has 1 aliphatic rings. The minimum Gasteiger partial charge on any atom is -0.425 e. The molecule has 3 aromatic carbocycles. The molecule has 4 aromatic rings. The molecular weight excluding hydrogens is 421 g/mol. The molecule has 1 unspecified atom stereocenters. The monoisotopic (exact) mass is 435 g/mol. The molecule has 30 heavy (non-hydrogen) atoms. The number of pyridine rings is 1. The van der Waals surface area contributed by atoms with Crippen LogP contribution >= 0.6 is 23.2 Å². The van der Waals surface area contributed by atoms with Gasteiger partial charge in [-0.1, -0.05) is 59.6 Å². The van der Waals surface area contributed by atoms with Gasteiger partial charge in [0, 0.05) is 27.0 Å². The average Bonchev–Trinajstić information content (AvgIpc) is 2.74. The van der Waals surface area contributed by atoms with E-state index in [2.05, 4.69) is 0 Å². The highest BCUT2D eigenvalue weighted by atomic mass is 35.5. The molecule has 0 fully saturated rings. The van der Waals surface area contributed by atoms with Crippen LogP contribution in [0.25, 0.3) is 16.6 Å². The van der Waals surface area contributed by atoms with Gasteiger partial charge in [-0.2, -0.15) is 0 Å². The minimum atomic E-state index is -0.530. The molecule has 0 saturated carbocycles. The summed E-state index contributed by atoms with van der Waals surface area (Å²) in [4.78, 5) is 26.3. The van der Waals surface area contributed by atoms with Crippen LogP contribution in [0.4, 0.5) is 0 Å². The number of nitrogens with zero attached hydrogens (tertiary/aromatic N) is 1. The second kappa shape index (κ2) is 7.31. The number of carbonyl (C=O) groups excluding carboxylic acids is 1. The first-order valence-corrected chi connectivity index (χ1v) is 10.2. The number of carbonyl (C=O) groups is 1. The Bertz CT molecular complexity index is 1360. The highest BCUT2D eigenvalue weighted by Crippen LogP contribution is 2.43. The Morgan fingerprint density at radius 1 is 0.900 bits per heavy atom. The number of benzene rings is 3. The fourth-order valence-corrected chi connectivity index (χ4v) is 4.60. The van der Waals surface area contributed by atoms with Gasteiger partial charge >= 0.3 is 5.97 Å². The number of para-hydroxylation sites is 2. The van der Waals surface area contributed by atoms with Crippen molar-refractivity contribution in [2.75, 3.05) is 0 Å². The molecule has 6 heteroatoms. The summed E-state index contributed by atoms with van der Waals surface area (Å²) in [5.74, 6) is -0.631. The highest BCUT2D eigenvalue weighted by molar-refractivity contribution is 6.35. The SMILES string of the molecule is O=C1CC(c2ccc(Cl)cc2Cl)c2c(c3ccccc3n(-c3ccccc3)c2=O)O1. The first kappa shape index (κ1) is 18.9. The van der Waals surface area contributed by atoms with E-state index < -0.39 is 11.9 Å². The number of fused-ring (bicyclic) bond motifs is 3. The fourth-order valence-electron chi connectivity index (χ4n) is 4.06. The maximum atomic E-state index is 13.8. The average molecular weight is 436 g/mol. The molecule has 0 spiro atoms. The number of ether oxygens (including phenoxy) is 1. The van der Waals surface area contributed by atoms with Crippen LogP contribution in [0, 0.1) is 0 Å². The standard InChI is InChI=1S/C24H15Cl2NO3/c25-14-10-11-16(19(26)12-14)18-13-21(28)30-23-17-8-4-5-9-20(17)27(24(29)22(18)23)15-6-2-1-3-7-15/h1-12,18H,13H2. The molecule has 5 rings (SSSR count). The van der Waals surface area contributed by atoms with E-state index in [1.807, 2.05) is 54.6 Å². The topological polar surface area (TPSA) is 48.3 Å². The molecule has 2 heterocycles. The Hall–Kier alpha value is -3.08. The summed E-state index contributed by atoms with van der Waals surface area (Å²) in [6, 6.07) is 21.9. The number of hydrogen-bond acceptors (Lipinski definition) is 3. The largest absolute Gasteiger partial charge is 0.425 e. The van der Waals surface area contributed by atoms with Gasteiger partial charge in [-0.05, 0) is 42.0 Å². The molecule has 148 valence electrons. The van der Waals surface area contributed by atoms with E-state index >= 15 is 0 Å². The quantitative estimate of drug-likeness (QED) is 0.377. The number of rotatable bonds is 2. The number of hydrogen-bond donors (Lipinski definition) is 0. The van der Waals surface area contributed by atoms with E-state index in [0.29, 0.717) is 37.8 Å². The maximum absolute atomic E-state index is 13.8. The van der Waals surface area contributed by atoms with Gasteiger partial charge in [0.25, 0.3) is 5.56 Å². The summed E-state index contributed by atoms with van der Waals surface area (Å²) in [7, 11) is 0. The smallest absolute Gasteiger partial charge is 0.312 e. The molecule has 0 amide bonds. The molecule has 0 N–H and O–H groups in total. The first-order valence-electron chi connectivity index (χ1n) is 9.43. The van der Waals surface area contributed by atoms with Crippen molar-refractivity contribution in [3.63, 3.8) is 0 Å². The van der Waals surface area contributed by atoms with Gasteiger partial charge < -0.3 is 4.74 Å². The predicted molar refractivity (Wildman–Crippen MR) is 118 cm³/mol. The Morgan fingerprint density at radius 2 is 1.63 bits per heavy atom. The van der Waals surface area contributed by atoms with Gasteiger partial charge in [0.15, 0.2) is 0 Å². The van der Waals surface area contributed by atoms with Crippen LogP contribution in [0.15, 0.2) is 77.6 Å². The van der Waals surface area contributed by atoms with Gasteiger partial charge in [-0.25, -0.2) is 0 Å². The molecule has 0 aliphatic carbocycles. The number of esters is 1. The van der Waals surface area contributed by atoms with Crippen LogP contribution in [-0.2, 0) is 4.79 Å². The van der Waals surface area contributed by atoms with Crippen molar-refractivity contribution >= 4 is 40.1 Å². The Morgan fingerprint density at radius 3 is 2.40 bits per heavy atom. The van der Waals surface area contributed by atoms with Crippen LogP contribution < -0.4 is 10.3 Å². The van der Waals surface area contributed by atoms with Gasteiger partial charge in [-0.15, -0.1) is 0 Å². The van der Waals surface area contributed by atoms with Crippen LogP contribution in [-0.4, -0.2) is 10.5 Å². The molecule has 1 aliphatic heterocycles. The zero-order valence-electron chi connectivity index (χ0n) is 15.6. The fraction of sp³-hybridized carbons (Fsp3) is 0.0833. The third-order valence-corrected chi connectivity index (χ3v) is 5.92. The predicted octanol–water partition coefficient (Wildman–Crippen LogP) is 5.74. The summed E-state index contributed by atoms with van der Waals surface area (Å²) in [6.45, 7) is 0. The van der Waals surface area contributed by atoms with E-state index in [0.717, 1.165) is 5.69 Å². The first-order chi connectivity index (χ1) is 14.5. The normalized spacial score (nSPS) is 15.7. The van der Waals surface area contributed by atoms with Crippen molar-refractivity contribution in [3.05, 3.63) is 104 Å². The Kier molecular flexibility index (Phi) is 4.61. The lowest BCUT2D eigenvalue weighted by Crippen LogP contribution is -2.32. The zero-order chi connectivity index (χ0) is 20.8. The maximum Gasteiger partial charge on any atom is 0.312 e. The minimum absolute atomic E-state index is 0.0245. The van der Waals surface area contributed by atoms with Gasteiger partial charge in [0.2, 0.25) is 0 Å². The second-order valence-electron chi connectivity index (χ2n) is 7.13. The van der Waals surface area contributed by atoms with Gasteiger partial charge in [0.05, 0.1) is 17.5 Å². The van der Waals surface area contributed by atoms with Gasteiger partial charge in [0.1, 0.15) is 5.75 Å². The lowest BCUT2D eigenvalue weighted by atomic mass is 9.86. The summed E-state index contributed by atoms with van der Waals surface area (Å²) in [5.41, 5.74) is 2.26. The summed E-state index contributed by atoms with van der Waals surface area (Å²) in [5, 5.41) is 1.59. The summed E-state index contributed by atoms with van der Waals surface area (Å²) >= 11 is 12.5. The van der Waals surface area contributed by atoms with Crippen molar-refractivity contribution in [3.8, 4) is 11.4 Å². The number of halogens is 2. The molecule has 0 radical (unpaired) electrons. The van der Waals surface area contributed by atoms with Crippen LogP contribution in [0.5, 0.6) is 5.75 Å². The third-order valence-electron chi connectivity index (χ3n) is 5.36. The number of aromatic nitrogens is 1. The summed E-state index contributed by atoms with van der Waals surface area (Å²) in [6.07, 6.45) is 0.0245. The lowest BCUT2D eigenvalue weighted by Gasteiger charge is -2.27. The van der Waals surface area contributed by atoms with E-state index in [9.17, 15) is 9.59 Å². The van der Waals surface area contributed by atoms with Crippen molar-refractivity contribution in [2.24, 2.45) is 0 Å². The van der Waals surface area contributed by atoms with E-state index in [1.54, 1.807) is 22.8 Å². The molecule has 0 saturated heterocycles. The van der Waals surface area contributed by atoms with E-state index in [1.165, 1.54) is 0 Å². The second-order valence-corrected chi connectivity index (χ2v) is 7.98. The Labute approximate surface area is 182 Å².